The van der Waals surface area contributed by atoms with Gasteiger partial charge in [-0.05, 0) is 68.8 Å². The molecule has 2 N–H and O–H groups in total. The third kappa shape index (κ3) is 5.11. The third-order valence-corrected chi connectivity index (χ3v) is 5.79. The monoisotopic (exact) mass is 419 g/mol. The van der Waals surface area contributed by atoms with Crippen LogP contribution in [0.1, 0.15) is 23.3 Å². The van der Waals surface area contributed by atoms with E-state index in [9.17, 15) is 4.79 Å². The van der Waals surface area contributed by atoms with Crippen LogP contribution >= 0.6 is 11.3 Å². The molecule has 1 fully saturated rings. The van der Waals surface area contributed by atoms with E-state index in [4.69, 9.17) is 4.98 Å². The topological polar surface area (TPSA) is 70.2 Å². The number of benzene rings is 1. The predicted octanol–water partition coefficient (Wildman–Crippen LogP) is 4.98. The van der Waals surface area contributed by atoms with E-state index in [0.717, 1.165) is 46.7 Å². The number of anilines is 3. The minimum Gasteiger partial charge on any atom is -0.323 e. The first-order valence-corrected chi connectivity index (χ1v) is 10.9. The number of rotatable bonds is 7. The minimum atomic E-state index is -0.232. The van der Waals surface area contributed by atoms with Crippen molar-refractivity contribution in [3.63, 3.8) is 0 Å². The molecule has 0 aliphatic carbocycles. The zero-order valence-corrected chi connectivity index (χ0v) is 17.8. The molecule has 7 heteroatoms. The molecule has 0 atom stereocenters. The normalized spacial score (nSPS) is 13.9. The summed E-state index contributed by atoms with van der Waals surface area (Å²) in [7, 11) is 0. The number of amides is 1. The fourth-order valence-corrected chi connectivity index (χ4v) is 4.23. The van der Waals surface area contributed by atoms with Crippen LogP contribution in [0.5, 0.6) is 0 Å². The van der Waals surface area contributed by atoms with Gasteiger partial charge in [0, 0.05) is 28.9 Å². The number of carbonyl (C=O) groups excluding carboxylic acids is 1. The fraction of sp³-hybridized carbons (Fsp3) is 0.261. The predicted molar refractivity (Wildman–Crippen MR) is 123 cm³/mol. The van der Waals surface area contributed by atoms with Gasteiger partial charge in [0.15, 0.2) is 5.13 Å². The molecule has 2 aromatic heterocycles. The summed E-state index contributed by atoms with van der Waals surface area (Å²) in [4.78, 5) is 24.5. The number of aromatic nitrogens is 2. The Morgan fingerprint density at radius 1 is 1.27 bits per heavy atom. The van der Waals surface area contributed by atoms with Gasteiger partial charge in [-0.3, -0.25) is 9.69 Å². The SMILES string of the molecule is C=CC(=O)Nc1cccc(-c2cc(CN3CCCC3)cc(Nc3ncc(C)s3)n2)c1. The van der Waals surface area contributed by atoms with Gasteiger partial charge in [-0.2, -0.15) is 0 Å². The Morgan fingerprint density at radius 3 is 2.83 bits per heavy atom. The molecule has 0 spiro atoms. The Hall–Kier alpha value is -3.03. The Balaban J connectivity index is 1.66. The van der Waals surface area contributed by atoms with Gasteiger partial charge in [-0.15, -0.1) is 11.3 Å². The number of hydrogen-bond donors (Lipinski definition) is 2. The van der Waals surface area contributed by atoms with Crippen molar-refractivity contribution in [2.45, 2.75) is 26.3 Å². The van der Waals surface area contributed by atoms with Crippen molar-refractivity contribution in [1.29, 1.82) is 0 Å². The quantitative estimate of drug-likeness (QED) is 0.529. The Kier molecular flexibility index (Phi) is 6.21. The van der Waals surface area contributed by atoms with Crippen LogP contribution in [0, 0.1) is 6.92 Å². The smallest absolute Gasteiger partial charge is 0.247 e. The lowest BCUT2D eigenvalue weighted by Crippen LogP contribution is -2.18. The number of thiazole rings is 1. The highest BCUT2D eigenvalue weighted by atomic mass is 32.1. The summed E-state index contributed by atoms with van der Waals surface area (Å²) in [6, 6.07) is 11.9. The maximum atomic E-state index is 11.7. The van der Waals surface area contributed by atoms with Crippen LogP contribution < -0.4 is 10.6 Å². The van der Waals surface area contributed by atoms with Gasteiger partial charge in [0.25, 0.3) is 0 Å². The number of nitrogens with one attached hydrogen (secondary N) is 2. The van der Waals surface area contributed by atoms with Crippen molar-refractivity contribution in [1.82, 2.24) is 14.9 Å². The van der Waals surface area contributed by atoms with E-state index in [-0.39, 0.29) is 5.91 Å². The molecule has 3 heterocycles. The molecule has 154 valence electrons. The lowest BCUT2D eigenvalue weighted by molar-refractivity contribution is -0.111. The van der Waals surface area contributed by atoms with Crippen molar-refractivity contribution < 1.29 is 4.79 Å². The van der Waals surface area contributed by atoms with Crippen LogP contribution in [0.15, 0.2) is 55.3 Å². The van der Waals surface area contributed by atoms with Gasteiger partial charge in [0.2, 0.25) is 5.91 Å². The van der Waals surface area contributed by atoms with Crippen LogP contribution in [-0.4, -0.2) is 33.9 Å². The largest absolute Gasteiger partial charge is 0.323 e. The van der Waals surface area contributed by atoms with E-state index >= 15 is 0 Å². The zero-order valence-electron chi connectivity index (χ0n) is 17.0. The molecule has 1 aliphatic rings. The van der Waals surface area contributed by atoms with Crippen molar-refractivity contribution >= 4 is 33.9 Å². The molecular formula is C23H25N5OS. The van der Waals surface area contributed by atoms with Gasteiger partial charge >= 0.3 is 0 Å². The van der Waals surface area contributed by atoms with Crippen molar-refractivity contribution in [3.8, 4) is 11.3 Å². The van der Waals surface area contributed by atoms with E-state index in [0.29, 0.717) is 5.69 Å². The Bertz CT molecular complexity index is 1060. The molecule has 3 aromatic rings. The van der Waals surface area contributed by atoms with Crippen LogP contribution in [0.25, 0.3) is 11.3 Å². The molecule has 0 radical (unpaired) electrons. The molecule has 4 rings (SSSR count). The van der Waals surface area contributed by atoms with Crippen molar-refractivity contribution in [3.05, 3.63) is 65.7 Å². The average molecular weight is 420 g/mol. The van der Waals surface area contributed by atoms with E-state index in [1.807, 2.05) is 37.4 Å². The molecule has 0 bridgehead atoms. The van der Waals surface area contributed by atoms with Gasteiger partial charge < -0.3 is 10.6 Å². The maximum absolute atomic E-state index is 11.7. The molecule has 0 saturated carbocycles. The lowest BCUT2D eigenvalue weighted by Gasteiger charge is -2.16. The molecule has 1 aliphatic heterocycles. The highest BCUT2D eigenvalue weighted by Crippen LogP contribution is 2.28. The number of likely N-dealkylation sites (tertiary alicyclic amines) is 1. The summed E-state index contributed by atoms with van der Waals surface area (Å²) in [6.45, 7) is 8.71. The standard InChI is InChI=1S/C23H25N5OS/c1-3-22(29)25-19-8-6-7-18(13-19)20-11-17(15-28-9-4-5-10-28)12-21(26-20)27-23-24-14-16(2)30-23/h3,6-8,11-14H,1,4-5,9-10,15H2,2H3,(H,25,29)(H,24,26,27). The molecule has 6 nitrogen and oxygen atoms in total. The lowest BCUT2D eigenvalue weighted by atomic mass is 10.1. The summed E-state index contributed by atoms with van der Waals surface area (Å²) in [5.41, 5.74) is 3.73. The first-order chi connectivity index (χ1) is 14.6. The van der Waals surface area contributed by atoms with E-state index in [2.05, 4.69) is 39.2 Å². The fourth-order valence-electron chi connectivity index (χ4n) is 3.56. The Morgan fingerprint density at radius 2 is 2.10 bits per heavy atom. The van der Waals surface area contributed by atoms with Crippen LogP contribution in [-0.2, 0) is 11.3 Å². The van der Waals surface area contributed by atoms with Crippen molar-refractivity contribution in [2.24, 2.45) is 0 Å². The summed E-state index contributed by atoms with van der Waals surface area (Å²) < 4.78 is 0. The average Bonchev–Trinajstić information content (AvgIpc) is 3.39. The van der Waals surface area contributed by atoms with Crippen LogP contribution in [0.4, 0.5) is 16.6 Å². The molecular weight excluding hydrogens is 394 g/mol. The summed E-state index contributed by atoms with van der Waals surface area (Å²) >= 11 is 1.61. The van der Waals surface area contributed by atoms with Crippen molar-refractivity contribution in [2.75, 3.05) is 23.7 Å². The highest BCUT2D eigenvalue weighted by molar-refractivity contribution is 7.15. The maximum Gasteiger partial charge on any atom is 0.247 e. The molecule has 1 amide bonds. The van der Waals surface area contributed by atoms with Gasteiger partial charge in [-0.25, -0.2) is 9.97 Å². The second kappa shape index (κ2) is 9.19. The molecule has 1 aromatic carbocycles. The summed E-state index contributed by atoms with van der Waals surface area (Å²) in [5, 5.41) is 7.00. The Labute approximate surface area is 180 Å². The molecule has 30 heavy (non-hydrogen) atoms. The van der Waals surface area contributed by atoms with Crippen LogP contribution in [0.2, 0.25) is 0 Å². The van der Waals surface area contributed by atoms with E-state index < -0.39 is 0 Å². The number of aryl methyl sites for hydroxylation is 1. The van der Waals surface area contributed by atoms with Crippen LogP contribution in [0.3, 0.4) is 0 Å². The zero-order chi connectivity index (χ0) is 20.9. The highest BCUT2D eigenvalue weighted by Gasteiger charge is 2.14. The second-order valence-corrected chi connectivity index (χ2v) is 8.64. The number of pyridine rings is 1. The number of nitrogens with zero attached hydrogens (tertiary/aromatic N) is 3. The number of hydrogen-bond acceptors (Lipinski definition) is 6. The van der Waals surface area contributed by atoms with Gasteiger partial charge in [0.1, 0.15) is 5.82 Å². The minimum absolute atomic E-state index is 0.232. The van der Waals surface area contributed by atoms with Gasteiger partial charge in [0.05, 0.1) is 5.69 Å². The first kappa shape index (κ1) is 20.3. The second-order valence-electron chi connectivity index (χ2n) is 7.40. The summed E-state index contributed by atoms with van der Waals surface area (Å²) in [5.74, 6) is 0.543. The molecule has 1 saturated heterocycles. The van der Waals surface area contributed by atoms with Gasteiger partial charge in [-0.1, -0.05) is 18.7 Å². The first-order valence-electron chi connectivity index (χ1n) is 10.1. The third-order valence-electron chi connectivity index (χ3n) is 4.96. The van der Waals surface area contributed by atoms with E-state index in [1.54, 1.807) is 11.3 Å². The van der Waals surface area contributed by atoms with E-state index in [1.165, 1.54) is 24.5 Å². The molecule has 0 unspecified atom stereocenters. The number of carbonyl (C=O) groups is 1. The summed E-state index contributed by atoms with van der Waals surface area (Å²) in [6.07, 6.45) is 5.63.